The minimum Gasteiger partial charge on any atom is -0.314 e. The molecule has 0 amide bonds. The maximum absolute atomic E-state index is 3.45. The van der Waals surface area contributed by atoms with Crippen LogP contribution in [0.5, 0.6) is 0 Å². The second kappa shape index (κ2) is 6.53. The lowest BCUT2D eigenvalue weighted by molar-refractivity contribution is 0.0269. The summed E-state index contributed by atoms with van der Waals surface area (Å²) in [6.45, 7) is 16.7. The van der Waals surface area contributed by atoms with Gasteiger partial charge in [0.2, 0.25) is 0 Å². The van der Waals surface area contributed by atoms with Gasteiger partial charge in [-0.15, -0.1) is 0 Å². The summed E-state index contributed by atoms with van der Waals surface area (Å²) in [7, 11) is 2.27. The summed E-state index contributed by atoms with van der Waals surface area (Å²) in [5.74, 6) is 0. The highest BCUT2D eigenvalue weighted by Crippen LogP contribution is 2.19. The Kier molecular flexibility index (Phi) is 5.23. The Morgan fingerprint density at radius 3 is 2.42 bits per heavy atom. The largest absolute Gasteiger partial charge is 0.314 e. The Hall–Kier alpha value is -0.160. The van der Waals surface area contributed by atoms with Gasteiger partial charge in [0.05, 0.1) is 0 Å². The lowest BCUT2D eigenvalue weighted by atomic mass is 9.99. The molecule has 1 N–H and O–H groups in total. The van der Waals surface area contributed by atoms with E-state index in [1.54, 1.807) is 0 Å². The van der Waals surface area contributed by atoms with Gasteiger partial charge in [0.25, 0.3) is 0 Å². The third kappa shape index (κ3) is 3.91. The van der Waals surface area contributed by atoms with Gasteiger partial charge in [-0.3, -0.25) is 9.80 Å². The quantitative estimate of drug-likeness (QED) is 0.810. The Balaban J connectivity index is 1.88. The Bertz CT molecular complexity index is 273. The molecule has 0 radical (unpaired) electrons. The first-order chi connectivity index (χ1) is 9.03. The van der Waals surface area contributed by atoms with Gasteiger partial charge >= 0.3 is 0 Å². The molecular formula is C15H32N4. The van der Waals surface area contributed by atoms with Gasteiger partial charge in [0, 0.05) is 63.9 Å². The first-order valence-corrected chi connectivity index (χ1v) is 7.91. The van der Waals surface area contributed by atoms with E-state index >= 15 is 0 Å². The predicted octanol–water partition coefficient (Wildman–Crippen LogP) is 0.696. The van der Waals surface area contributed by atoms with Gasteiger partial charge in [-0.05, 0) is 27.3 Å². The molecule has 0 aliphatic carbocycles. The first kappa shape index (κ1) is 15.2. The number of likely N-dealkylation sites (N-methyl/N-ethyl adjacent to an activating group) is 1. The van der Waals surface area contributed by atoms with Gasteiger partial charge in [-0.1, -0.05) is 6.92 Å². The minimum absolute atomic E-state index is 0.302. The van der Waals surface area contributed by atoms with Crippen LogP contribution in [-0.2, 0) is 0 Å². The Labute approximate surface area is 119 Å². The lowest BCUT2D eigenvalue weighted by Gasteiger charge is -2.47. The number of hydrogen-bond acceptors (Lipinski definition) is 4. The van der Waals surface area contributed by atoms with Gasteiger partial charge in [-0.25, -0.2) is 0 Å². The number of hydrogen-bond donors (Lipinski definition) is 1. The van der Waals surface area contributed by atoms with Crippen LogP contribution in [0.2, 0.25) is 0 Å². The van der Waals surface area contributed by atoms with Crippen molar-refractivity contribution in [1.29, 1.82) is 0 Å². The SMILES string of the molecule is CCC1CN(CC(C)(C)N2CCNCC2)CCN1C. The van der Waals surface area contributed by atoms with Gasteiger partial charge in [0.15, 0.2) is 0 Å². The fourth-order valence-corrected chi connectivity index (χ4v) is 3.51. The molecule has 0 spiro atoms. The van der Waals surface area contributed by atoms with E-state index in [9.17, 15) is 0 Å². The van der Waals surface area contributed by atoms with Gasteiger partial charge < -0.3 is 10.2 Å². The van der Waals surface area contributed by atoms with E-state index in [1.165, 1.54) is 45.7 Å². The third-order valence-electron chi connectivity index (χ3n) is 4.92. The third-order valence-corrected chi connectivity index (χ3v) is 4.92. The monoisotopic (exact) mass is 268 g/mol. The molecule has 0 saturated carbocycles. The van der Waals surface area contributed by atoms with Crippen LogP contribution in [0.3, 0.4) is 0 Å². The zero-order valence-corrected chi connectivity index (χ0v) is 13.3. The fraction of sp³-hybridized carbons (Fsp3) is 1.00. The average molecular weight is 268 g/mol. The van der Waals surface area contributed by atoms with E-state index in [1.807, 2.05) is 0 Å². The summed E-state index contributed by atoms with van der Waals surface area (Å²) in [6, 6.07) is 0.743. The van der Waals surface area contributed by atoms with Crippen LogP contribution in [-0.4, -0.2) is 85.7 Å². The topological polar surface area (TPSA) is 21.8 Å². The molecule has 19 heavy (non-hydrogen) atoms. The summed E-state index contributed by atoms with van der Waals surface area (Å²) >= 11 is 0. The van der Waals surface area contributed by atoms with Crippen LogP contribution in [0.15, 0.2) is 0 Å². The molecule has 4 heteroatoms. The average Bonchev–Trinajstić information content (AvgIpc) is 2.42. The molecule has 2 rings (SSSR count). The van der Waals surface area contributed by atoms with E-state index in [0.717, 1.165) is 19.1 Å². The predicted molar refractivity (Wildman–Crippen MR) is 81.7 cm³/mol. The molecule has 2 saturated heterocycles. The summed E-state index contributed by atoms with van der Waals surface area (Å²) < 4.78 is 0. The molecule has 1 unspecified atom stereocenters. The highest BCUT2D eigenvalue weighted by molar-refractivity contribution is 4.90. The molecule has 1 atom stereocenters. The molecular weight excluding hydrogens is 236 g/mol. The van der Waals surface area contributed by atoms with Crippen LogP contribution in [0.4, 0.5) is 0 Å². The summed E-state index contributed by atoms with van der Waals surface area (Å²) in [6.07, 6.45) is 1.26. The first-order valence-electron chi connectivity index (χ1n) is 7.91. The zero-order chi connectivity index (χ0) is 13.9. The summed E-state index contributed by atoms with van der Waals surface area (Å²) in [5.41, 5.74) is 0.302. The van der Waals surface area contributed by atoms with Crippen molar-refractivity contribution in [2.24, 2.45) is 0 Å². The fourth-order valence-electron chi connectivity index (χ4n) is 3.51. The maximum Gasteiger partial charge on any atom is 0.0281 e. The van der Waals surface area contributed by atoms with E-state index in [0.29, 0.717) is 5.54 Å². The van der Waals surface area contributed by atoms with Crippen molar-refractivity contribution in [3.8, 4) is 0 Å². The van der Waals surface area contributed by atoms with Crippen LogP contribution < -0.4 is 5.32 Å². The van der Waals surface area contributed by atoms with Gasteiger partial charge in [-0.2, -0.15) is 0 Å². The van der Waals surface area contributed by atoms with Crippen molar-refractivity contribution in [2.75, 3.05) is 59.4 Å². The molecule has 0 aromatic heterocycles. The highest BCUT2D eigenvalue weighted by atomic mass is 15.3. The van der Waals surface area contributed by atoms with Crippen molar-refractivity contribution in [3.63, 3.8) is 0 Å². The standard InChI is InChI=1S/C15H32N4/c1-5-14-12-18(11-10-17(14)4)13-15(2,3)19-8-6-16-7-9-19/h14,16H,5-13H2,1-4H3. The van der Waals surface area contributed by atoms with Crippen LogP contribution in [0, 0.1) is 0 Å². The molecule has 2 aliphatic heterocycles. The number of nitrogens with zero attached hydrogens (tertiary/aromatic N) is 3. The van der Waals surface area contributed by atoms with Crippen molar-refractivity contribution in [2.45, 2.75) is 38.8 Å². The minimum atomic E-state index is 0.302. The normalized spacial score (nSPS) is 28.7. The van der Waals surface area contributed by atoms with E-state index < -0.39 is 0 Å². The Morgan fingerprint density at radius 2 is 1.79 bits per heavy atom. The highest BCUT2D eigenvalue weighted by Gasteiger charge is 2.32. The van der Waals surface area contributed by atoms with E-state index in [-0.39, 0.29) is 0 Å². The maximum atomic E-state index is 3.45. The summed E-state index contributed by atoms with van der Waals surface area (Å²) in [5, 5.41) is 3.45. The molecule has 2 heterocycles. The van der Waals surface area contributed by atoms with E-state index in [4.69, 9.17) is 0 Å². The molecule has 4 nitrogen and oxygen atoms in total. The molecule has 0 aromatic rings. The van der Waals surface area contributed by atoms with Crippen LogP contribution >= 0.6 is 0 Å². The van der Waals surface area contributed by atoms with Crippen molar-refractivity contribution >= 4 is 0 Å². The molecule has 112 valence electrons. The van der Waals surface area contributed by atoms with Crippen LogP contribution in [0.25, 0.3) is 0 Å². The number of rotatable bonds is 4. The van der Waals surface area contributed by atoms with E-state index in [2.05, 4.69) is 47.8 Å². The smallest absolute Gasteiger partial charge is 0.0281 e. The lowest BCUT2D eigenvalue weighted by Crippen LogP contribution is -2.60. The van der Waals surface area contributed by atoms with Gasteiger partial charge in [0.1, 0.15) is 0 Å². The number of piperazine rings is 2. The summed E-state index contributed by atoms with van der Waals surface area (Å²) in [4.78, 5) is 7.85. The molecule has 0 aromatic carbocycles. The Morgan fingerprint density at radius 1 is 1.11 bits per heavy atom. The molecule has 2 fully saturated rings. The van der Waals surface area contributed by atoms with Crippen molar-refractivity contribution in [1.82, 2.24) is 20.0 Å². The van der Waals surface area contributed by atoms with Crippen molar-refractivity contribution < 1.29 is 0 Å². The second-order valence-electron chi connectivity index (χ2n) is 6.83. The van der Waals surface area contributed by atoms with Crippen molar-refractivity contribution in [3.05, 3.63) is 0 Å². The zero-order valence-electron chi connectivity index (χ0n) is 13.3. The van der Waals surface area contributed by atoms with Crippen LogP contribution in [0.1, 0.15) is 27.2 Å². The molecule has 0 bridgehead atoms. The number of nitrogens with one attached hydrogen (secondary N) is 1. The second-order valence-corrected chi connectivity index (χ2v) is 6.83. The molecule has 2 aliphatic rings.